The number of rotatable bonds is 6. The predicted molar refractivity (Wildman–Crippen MR) is 106 cm³/mol. The average molecular weight is 394 g/mol. The number of hydrogen-bond acceptors (Lipinski definition) is 7. The van der Waals surface area contributed by atoms with E-state index in [0.29, 0.717) is 37.7 Å². The molecule has 1 aromatic carbocycles. The number of piperazine rings is 1. The summed E-state index contributed by atoms with van der Waals surface area (Å²) in [6.45, 7) is 2.64. The van der Waals surface area contributed by atoms with Gasteiger partial charge in [0.2, 0.25) is 0 Å². The van der Waals surface area contributed by atoms with Crippen molar-refractivity contribution in [3.05, 3.63) is 55.1 Å². The van der Waals surface area contributed by atoms with Gasteiger partial charge in [0.1, 0.15) is 17.8 Å². The molecule has 150 valence electrons. The van der Waals surface area contributed by atoms with Gasteiger partial charge in [-0.3, -0.25) is 9.36 Å². The topological polar surface area (TPSA) is 85.6 Å². The Hall–Kier alpha value is -3.62. The van der Waals surface area contributed by atoms with E-state index < -0.39 is 0 Å². The Morgan fingerprint density at radius 3 is 2.48 bits per heavy atom. The van der Waals surface area contributed by atoms with Crippen LogP contribution in [0.3, 0.4) is 0 Å². The highest BCUT2D eigenvalue weighted by atomic mass is 16.5. The Morgan fingerprint density at radius 2 is 1.79 bits per heavy atom. The van der Waals surface area contributed by atoms with Crippen molar-refractivity contribution in [1.29, 1.82) is 0 Å². The molecule has 1 fully saturated rings. The number of nitrogens with zero attached hydrogens (tertiary/aromatic N) is 6. The average Bonchev–Trinajstić information content (AvgIpc) is 3.33. The van der Waals surface area contributed by atoms with E-state index >= 15 is 0 Å². The molecule has 0 saturated carbocycles. The number of carbonyl (C=O) groups is 1. The number of imidazole rings is 1. The van der Waals surface area contributed by atoms with Gasteiger partial charge in [-0.15, -0.1) is 10.2 Å². The van der Waals surface area contributed by atoms with Crippen molar-refractivity contribution in [3.63, 3.8) is 0 Å². The summed E-state index contributed by atoms with van der Waals surface area (Å²) in [5.41, 5.74) is 0. The van der Waals surface area contributed by atoms with Crippen LogP contribution in [0.4, 0.5) is 5.82 Å². The second-order valence-corrected chi connectivity index (χ2v) is 6.56. The lowest BCUT2D eigenvalue weighted by atomic mass is 10.3. The molecule has 0 N–H and O–H groups in total. The van der Waals surface area contributed by atoms with E-state index in [-0.39, 0.29) is 12.5 Å². The maximum absolute atomic E-state index is 12.5. The SMILES string of the molecule is COc1cccc(OCC(=O)N2CCN(c3ccc(-n4ccnc4)nn3)CC2)c1. The first-order valence-corrected chi connectivity index (χ1v) is 9.34. The summed E-state index contributed by atoms with van der Waals surface area (Å²) in [6, 6.07) is 11.1. The first kappa shape index (κ1) is 18.7. The van der Waals surface area contributed by atoms with Gasteiger partial charge in [-0.1, -0.05) is 6.07 Å². The monoisotopic (exact) mass is 394 g/mol. The van der Waals surface area contributed by atoms with Crippen molar-refractivity contribution in [2.24, 2.45) is 0 Å². The minimum atomic E-state index is -0.0333. The molecular formula is C20H22N6O3. The van der Waals surface area contributed by atoms with Crippen LogP contribution in [0.1, 0.15) is 0 Å². The molecule has 3 heterocycles. The summed E-state index contributed by atoms with van der Waals surface area (Å²) < 4.78 is 12.6. The van der Waals surface area contributed by atoms with Gasteiger partial charge in [0, 0.05) is 44.6 Å². The zero-order valence-electron chi connectivity index (χ0n) is 16.1. The minimum Gasteiger partial charge on any atom is -0.497 e. The number of carbonyl (C=O) groups excluding carboxylic acids is 1. The molecule has 0 aliphatic carbocycles. The summed E-state index contributed by atoms with van der Waals surface area (Å²) in [5.74, 6) is 2.80. The number of aromatic nitrogens is 4. The fourth-order valence-electron chi connectivity index (χ4n) is 3.13. The Bertz CT molecular complexity index is 937. The third-order valence-electron chi connectivity index (χ3n) is 4.77. The Balaban J connectivity index is 1.28. The van der Waals surface area contributed by atoms with Crippen LogP contribution in [-0.2, 0) is 4.79 Å². The third-order valence-corrected chi connectivity index (χ3v) is 4.77. The van der Waals surface area contributed by atoms with Gasteiger partial charge in [-0.05, 0) is 24.3 Å². The molecule has 1 aliphatic rings. The van der Waals surface area contributed by atoms with Crippen LogP contribution < -0.4 is 14.4 Å². The predicted octanol–water partition coefficient (Wildman–Crippen LogP) is 1.40. The van der Waals surface area contributed by atoms with Crippen LogP contribution in [0, 0.1) is 0 Å². The van der Waals surface area contributed by atoms with Gasteiger partial charge < -0.3 is 19.3 Å². The number of ether oxygens (including phenoxy) is 2. The van der Waals surface area contributed by atoms with Crippen molar-refractivity contribution in [3.8, 4) is 17.3 Å². The molecule has 1 aliphatic heterocycles. The first-order valence-electron chi connectivity index (χ1n) is 9.34. The maximum atomic E-state index is 12.5. The third kappa shape index (κ3) is 4.45. The van der Waals surface area contributed by atoms with Crippen molar-refractivity contribution in [1.82, 2.24) is 24.6 Å². The van der Waals surface area contributed by atoms with E-state index in [9.17, 15) is 4.79 Å². The largest absolute Gasteiger partial charge is 0.497 e. The smallest absolute Gasteiger partial charge is 0.260 e. The summed E-state index contributed by atoms with van der Waals surface area (Å²) in [7, 11) is 1.60. The molecule has 4 rings (SSSR count). The lowest BCUT2D eigenvalue weighted by Crippen LogP contribution is -2.50. The first-order chi connectivity index (χ1) is 14.2. The minimum absolute atomic E-state index is 0.00652. The molecule has 0 atom stereocenters. The highest BCUT2D eigenvalue weighted by Gasteiger charge is 2.22. The molecule has 0 spiro atoms. The van der Waals surface area contributed by atoms with Crippen LogP contribution >= 0.6 is 0 Å². The summed E-state index contributed by atoms with van der Waals surface area (Å²) >= 11 is 0. The molecule has 0 unspecified atom stereocenters. The van der Waals surface area contributed by atoms with Crippen LogP contribution in [0.2, 0.25) is 0 Å². The molecule has 9 nitrogen and oxygen atoms in total. The van der Waals surface area contributed by atoms with Gasteiger partial charge in [0.25, 0.3) is 5.91 Å². The fraction of sp³-hybridized carbons (Fsp3) is 0.300. The van der Waals surface area contributed by atoms with E-state index in [1.54, 1.807) is 36.3 Å². The summed E-state index contributed by atoms with van der Waals surface area (Å²) in [5, 5.41) is 8.56. The lowest BCUT2D eigenvalue weighted by Gasteiger charge is -2.35. The Morgan fingerprint density at radius 1 is 1.03 bits per heavy atom. The zero-order valence-corrected chi connectivity index (χ0v) is 16.1. The van der Waals surface area contributed by atoms with Crippen molar-refractivity contribution in [2.45, 2.75) is 0 Å². The van der Waals surface area contributed by atoms with Crippen LogP contribution in [-0.4, -0.2) is 70.5 Å². The van der Waals surface area contributed by atoms with E-state index in [1.165, 1.54) is 0 Å². The highest BCUT2D eigenvalue weighted by Crippen LogP contribution is 2.19. The molecule has 9 heteroatoms. The van der Waals surface area contributed by atoms with Crippen molar-refractivity contribution >= 4 is 11.7 Å². The maximum Gasteiger partial charge on any atom is 0.260 e. The normalized spacial score (nSPS) is 14.0. The van der Waals surface area contributed by atoms with Gasteiger partial charge in [0.15, 0.2) is 18.2 Å². The molecule has 0 radical (unpaired) electrons. The van der Waals surface area contributed by atoms with Crippen LogP contribution in [0.25, 0.3) is 5.82 Å². The van der Waals surface area contributed by atoms with E-state index in [4.69, 9.17) is 9.47 Å². The standard InChI is InChI=1S/C20H22N6O3/c1-28-16-3-2-4-17(13-16)29-14-20(27)25-11-9-24(10-12-25)18-5-6-19(23-22-18)26-8-7-21-15-26/h2-8,13,15H,9-12,14H2,1H3. The molecule has 3 aromatic rings. The van der Waals surface area contributed by atoms with Crippen LogP contribution in [0.15, 0.2) is 55.1 Å². The second kappa shape index (κ2) is 8.59. The van der Waals surface area contributed by atoms with Gasteiger partial charge in [0.05, 0.1) is 7.11 Å². The lowest BCUT2D eigenvalue weighted by molar-refractivity contribution is -0.133. The quantitative estimate of drug-likeness (QED) is 0.625. The molecule has 29 heavy (non-hydrogen) atoms. The van der Waals surface area contributed by atoms with Gasteiger partial charge in [-0.25, -0.2) is 4.98 Å². The van der Waals surface area contributed by atoms with Crippen LogP contribution in [0.5, 0.6) is 11.5 Å². The van der Waals surface area contributed by atoms with E-state index in [0.717, 1.165) is 11.6 Å². The van der Waals surface area contributed by atoms with Crippen molar-refractivity contribution in [2.75, 3.05) is 44.8 Å². The summed E-state index contributed by atoms with van der Waals surface area (Å²) in [4.78, 5) is 20.4. The van der Waals surface area contributed by atoms with E-state index in [1.807, 2.05) is 35.4 Å². The Kier molecular flexibility index (Phi) is 5.55. The molecule has 1 amide bonds. The van der Waals surface area contributed by atoms with Crippen molar-refractivity contribution < 1.29 is 14.3 Å². The van der Waals surface area contributed by atoms with Gasteiger partial charge in [-0.2, -0.15) is 0 Å². The zero-order chi connectivity index (χ0) is 20.1. The fourth-order valence-corrected chi connectivity index (χ4v) is 3.13. The number of anilines is 1. The number of methoxy groups -OCH3 is 1. The molecule has 2 aromatic heterocycles. The number of amides is 1. The molecule has 1 saturated heterocycles. The molecule has 0 bridgehead atoms. The number of hydrogen-bond donors (Lipinski definition) is 0. The van der Waals surface area contributed by atoms with E-state index in [2.05, 4.69) is 20.1 Å². The summed E-state index contributed by atoms with van der Waals surface area (Å²) in [6.07, 6.45) is 5.20. The highest BCUT2D eigenvalue weighted by molar-refractivity contribution is 5.78. The molecular weight excluding hydrogens is 372 g/mol. The second-order valence-electron chi connectivity index (χ2n) is 6.56. The number of benzene rings is 1. The van der Waals surface area contributed by atoms with Gasteiger partial charge >= 0.3 is 0 Å². The Labute approximate surface area is 168 Å².